The number of benzene rings is 1. The zero-order valence-corrected chi connectivity index (χ0v) is 9.92. The van der Waals surface area contributed by atoms with Crippen molar-refractivity contribution in [3.05, 3.63) is 29.8 Å². The molecular weight excluding hydrogens is 210 g/mol. The average Bonchev–Trinajstić information content (AvgIpc) is 2.21. The molecule has 82 valence electrons. The van der Waals surface area contributed by atoms with Crippen molar-refractivity contribution in [1.82, 2.24) is 0 Å². The van der Waals surface area contributed by atoms with Gasteiger partial charge in [0.05, 0.1) is 0 Å². The van der Waals surface area contributed by atoms with Crippen LogP contribution in [-0.4, -0.2) is 11.9 Å². The van der Waals surface area contributed by atoms with Crippen LogP contribution in [0.3, 0.4) is 0 Å². The molecule has 1 amide bonds. The molecule has 0 saturated carbocycles. The number of aryl methyl sites for hydroxylation is 1. The van der Waals surface area contributed by atoms with Gasteiger partial charge in [0.2, 0.25) is 0 Å². The SMILES string of the molecule is CCCCN(C(=O)Cl)c1ccc(C)cc1. The van der Waals surface area contributed by atoms with Gasteiger partial charge >= 0.3 is 5.37 Å². The Labute approximate surface area is 95.8 Å². The van der Waals surface area contributed by atoms with E-state index < -0.39 is 5.37 Å². The van der Waals surface area contributed by atoms with Gasteiger partial charge in [-0.15, -0.1) is 0 Å². The third kappa shape index (κ3) is 3.56. The molecule has 1 rings (SSSR count). The smallest absolute Gasteiger partial charge is 0.299 e. The van der Waals surface area contributed by atoms with Gasteiger partial charge in [0.25, 0.3) is 0 Å². The summed E-state index contributed by atoms with van der Waals surface area (Å²) >= 11 is 5.54. The molecule has 2 nitrogen and oxygen atoms in total. The van der Waals surface area contributed by atoms with Crippen LogP contribution in [0.1, 0.15) is 25.3 Å². The van der Waals surface area contributed by atoms with Gasteiger partial charge in [-0.1, -0.05) is 31.0 Å². The van der Waals surface area contributed by atoms with E-state index in [0.29, 0.717) is 6.54 Å². The van der Waals surface area contributed by atoms with Gasteiger partial charge < -0.3 is 0 Å². The van der Waals surface area contributed by atoms with E-state index in [1.807, 2.05) is 31.2 Å². The number of nitrogens with zero attached hydrogens (tertiary/aromatic N) is 1. The van der Waals surface area contributed by atoms with Crippen LogP contribution >= 0.6 is 11.6 Å². The van der Waals surface area contributed by atoms with Crippen molar-refractivity contribution >= 4 is 22.7 Å². The Hall–Kier alpha value is -1.02. The normalized spacial score (nSPS) is 10.1. The van der Waals surface area contributed by atoms with Gasteiger partial charge in [0, 0.05) is 12.2 Å². The Morgan fingerprint density at radius 1 is 1.33 bits per heavy atom. The molecule has 0 saturated heterocycles. The maximum absolute atomic E-state index is 11.2. The fraction of sp³-hybridized carbons (Fsp3) is 0.417. The third-order valence-electron chi connectivity index (χ3n) is 2.29. The van der Waals surface area contributed by atoms with Gasteiger partial charge in [-0.05, 0) is 37.1 Å². The molecule has 0 bridgehead atoms. The molecule has 0 N–H and O–H groups in total. The van der Waals surface area contributed by atoms with E-state index in [1.165, 1.54) is 5.56 Å². The molecule has 0 aliphatic carbocycles. The zero-order chi connectivity index (χ0) is 11.3. The predicted molar refractivity (Wildman–Crippen MR) is 64.7 cm³/mol. The summed E-state index contributed by atoms with van der Waals surface area (Å²) in [6.07, 6.45) is 2.01. The number of halogens is 1. The van der Waals surface area contributed by atoms with Crippen LogP contribution in [0.4, 0.5) is 10.5 Å². The fourth-order valence-electron chi connectivity index (χ4n) is 1.36. The van der Waals surface area contributed by atoms with E-state index in [-0.39, 0.29) is 0 Å². The second-order valence-corrected chi connectivity index (χ2v) is 3.92. The number of unbranched alkanes of at least 4 members (excludes halogenated alkanes) is 1. The monoisotopic (exact) mass is 225 g/mol. The molecule has 15 heavy (non-hydrogen) atoms. The lowest BCUT2D eigenvalue weighted by Gasteiger charge is -2.19. The second kappa shape index (κ2) is 5.76. The first-order valence-electron chi connectivity index (χ1n) is 5.19. The van der Waals surface area contributed by atoms with E-state index in [4.69, 9.17) is 11.6 Å². The summed E-state index contributed by atoms with van der Waals surface area (Å²) in [6, 6.07) is 7.80. The van der Waals surface area contributed by atoms with Crippen LogP contribution in [0, 0.1) is 6.92 Å². The van der Waals surface area contributed by atoms with Gasteiger partial charge in [-0.25, -0.2) is 0 Å². The van der Waals surface area contributed by atoms with Crippen molar-refractivity contribution in [3.63, 3.8) is 0 Å². The number of carbonyl (C=O) groups is 1. The highest BCUT2D eigenvalue weighted by atomic mass is 35.5. The second-order valence-electron chi connectivity index (χ2n) is 3.59. The first-order chi connectivity index (χ1) is 7.15. The van der Waals surface area contributed by atoms with Crippen molar-refractivity contribution in [2.24, 2.45) is 0 Å². The minimum Gasteiger partial charge on any atom is -0.299 e. The minimum atomic E-state index is -0.410. The molecule has 0 spiro atoms. The highest BCUT2D eigenvalue weighted by molar-refractivity contribution is 6.66. The molecule has 0 unspecified atom stereocenters. The number of carbonyl (C=O) groups excluding carboxylic acids is 1. The first kappa shape index (κ1) is 12.1. The standard InChI is InChI=1S/C12H16ClNO/c1-3-4-9-14(12(13)15)11-7-5-10(2)6-8-11/h5-8H,3-4,9H2,1-2H3. The molecule has 0 aromatic heterocycles. The van der Waals surface area contributed by atoms with Crippen molar-refractivity contribution in [3.8, 4) is 0 Å². The summed E-state index contributed by atoms with van der Waals surface area (Å²) in [6.45, 7) is 4.79. The van der Waals surface area contributed by atoms with Crippen molar-refractivity contribution in [2.75, 3.05) is 11.4 Å². The van der Waals surface area contributed by atoms with E-state index in [9.17, 15) is 4.79 Å². The van der Waals surface area contributed by atoms with Crippen LogP contribution < -0.4 is 4.90 Å². The first-order valence-corrected chi connectivity index (χ1v) is 5.56. The highest BCUT2D eigenvalue weighted by Gasteiger charge is 2.11. The van der Waals surface area contributed by atoms with Crippen LogP contribution in [0.25, 0.3) is 0 Å². The van der Waals surface area contributed by atoms with E-state index in [0.717, 1.165) is 18.5 Å². The van der Waals surface area contributed by atoms with Gasteiger partial charge in [-0.2, -0.15) is 0 Å². The van der Waals surface area contributed by atoms with E-state index in [2.05, 4.69) is 6.92 Å². The predicted octanol–water partition coefficient (Wildman–Crippen LogP) is 3.96. The molecule has 0 heterocycles. The molecule has 0 aliphatic heterocycles. The van der Waals surface area contributed by atoms with Gasteiger partial charge in [0.15, 0.2) is 0 Å². The molecular formula is C12H16ClNO. The van der Waals surface area contributed by atoms with Crippen molar-refractivity contribution in [2.45, 2.75) is 26.7 Å². The molecule has 3 heteroatoms. The van der Waals surface area contributed by atoms with Crippen LogP contribution in [0.5, 0.6) is 0 Å². The van der Waals surface area contributed by atoms with Gasteiger partial charge in [0.1, 0.15) is 0 Å². The summed E-state index contributed by atoms with van der Waals surface area (Å²) in [5.41, 5.74) is 2.05. The largest absolute Gasteiger partial charge is 0.320 e. The highest BCUT2D eigenvalue weighted by Crippen LogP contribution is 2.17. The average molecular weight is 226 g/mol. The summed E-state index contributed by atoms with van der Waals surface area (Å²) in [7, 11) is 0. The Morgan fingerprint density at radius 3 is 2.40 bits per heavy atom. The maximum Gasteiger partial charge on any atom is 0.320 e. The number of amides is 1. The third-order valence-corrected chi connectivity index (χ3v) is 2.50. The number of rotatable bonds is 4. The maximum atomic E-state index is 11.2. The van der Waals surface area contributed by atoms with Gasteiger partial charge in [-0.3, -0.25) is 9.69 Å². The molecule has 0 radical (unpaired) electrons. The Bertz CT molecular complexity index is 321. The van der Waals surface area contributed by atoms with Crippen molar-refractivity contribution < 1.29 is 4.79 Å². The number of hydrogen-bond donors (Lipinski definition) is 0. The molecule has 1 aromatic carbocycles. The summed E-state index contributed by atoms with van der Waals surface area (Å²) < 4.78 is 0. The Morgan fingerprint density at radius 2 is 1.93 bits per heavy atom. The number of hydrogen-bond acceptors (Lipinski definition) is 1. The fourth-order valence-corrected chi connectivity index (χ4v) is 1.54. The Balaban J connectivity index is 2.79. The van der Waals surface area contributed by atoms with E-state index in [1.54, 1.807) is 4.90 Å². The lowest BCUT2D eigenvalue weighted by molar-refractivity contribution is 0.264. The molecule has 1 aromatic rings. The molecule has 0 aliphatic rings. The lowest BCUT2D eigenvalue weighted by Crippen LogP contribution is -2.26. The summed E-state index contributed by atoms with van der Waals surface area (Å²) in [5, 5.41) is -0.410. The topological polar surface area (TPSA) is 20.3 Å². The van der Waals surface area contributed by atoms with Crippen LogP contribution in [-0.2, 0) is 0 Å². The quantitative estimate of drug-likeness (QED) is 0.561. The lowest BCUT2D eigenvalue weighted by atomic mass is 10.2. The Kier molecular flexibility index (Phi) is 4.63. The summed E-state index contributed by atoms with van der Waals surface area (Å²) in [4.78, 5) is 12.8. The molecule has 0 fully saturated rings. The van der Waals surface area contributed by atoms with Crippen LogP contribution in [0.2, 0.25) is 0 Å². The summed E-state index contributed by atoms with van der Waals surface area (Å²) in [5.74, 6) is 0. The van der Waals surface area contributed by atoms with Crippen molar-refractivity contribution in [1.29, 1.82) is 0 Å². The minimum absolute atomic E-state index is 0.410. The molecule has 0 atom stereocenters. The van der Waals surface area contributed by atoms with Crippen LogP contribution in [0.15, 0.2) is 24.3 Å². The van der Waals surface area contributed by atoms with E-state index >= 15 is 0 Å². The zero-order valence-electron chi connectivity index (χ0n) is 9.16. The number of anilines is 1.